The first kappa shape index (κ1) is 10.9. The Kier molecular flexibility index (Phi) is 3.72. The highest BCUT2D eigenvalue weighted by Crippen LogP contribution is 2.04. The summed E-state index contributed by atoms with van der Waals surface area (Å²) in [5, 5.41) is 17.7. The van der Waals surface area contributed by atoms with Crippen molar-refractivity contribution in [2.45, 2.75) is 12.7 Å². The van der Waals surface area contributed by atoms with Crippen molar-refractivity contribution >= 4 is 13.8 Å². The minimum Gasteiger partial charge on any atom is -0.357 e. The molecular formula is C7H10BNO3. The highest BCUT2D eigenvalue weighted by molar-refractivity contribution is 6.13. The van der Waals surface area contributed by atoms with Crippen LogP contribution in [0.1, 0.15) is 6.92 Å². The molecule has 0 bridgehead atoms. The molecule has 0 spiro atoms. The third-order valence-electron chi connectivity index (χ3n) is 1.07. The van der Waals surface area contributed by atoms with E-state index in [2.05, 4.69) is 6.58 Å². The number of rotatable bonds is 3. The molecule has 5 heteroatoms. The fraction of sp³-hybridized carbons (Fsp3) is 0.286. The third-order valence-corrected chi connectivity index (χ3v) is 1.07. The van der Waals surface area contributed by atoms with Crippen LogP contribution in [0.3, 0.4) is 0 Å². The Labute approximate surface area is 72.2 Å². The van der Waals surface area contributed by atoms with Gasteiger partial charge in [0.15, 0.2) is 13.7 Å². The predicted octanol–water partition coefficient (Wildman–Crippen LogP) is -0.701. The molecule has 2 radical (unpaired) electrons. The summed E-state index contributed by atoms with van der Waals surface area (Å²) < 4.78 is 0. The van der Waals surface area contributed by atoms with Gasteiger partial charge in [-0.2, -0.15) is 0 Å². The lowest BCUT2D eigenvalue weighted by atomic mass is 10.0. The molecule has 0 aromatic carbocycles. The van der Waals surface area contributed by atoms with E-state index in [1.807, 2.05) is 0 Å². The maximum absolute atomic E-state index is 10.7. The fourth-order valence-corrected chi connectivity index (χ4v) is 0.593. The molecule has 64 valence electrons. The van der Waals surface area contributed by atoms with Crippen LogP contribution in [0.5, 0.6) is 0 Å². The van der Waals surface area contributed by atoms with Crippen molar-refractivity contribution < 1.29 is 15.0 Å². The van der Waals surface area contributed by atoms with Gasteiger partial charge in [0, 0.05) is 13.1 Å². The molecule has 1 amide bonds. The Morgan fingerprint density at radius 3 is 2.42 bits per heavy atom. The average molecular weight is 167 g/mol. The van der Waals surface area contributed by atoms with E-state index in [0.717, 1.165) is 13.1 Å². The van der Waals surface area contributed by atoms with Gasteiger partial charge in [-0.1, -0.05) is 12.7 Å². The number of nitrogens with zero attached hydrogens (tertiary/aromatic N) is 1. The smallest absolute Gasteiger partial charge is 0.226 e. The van der Waals surface area contributed by atoms with Crippen LogP contribution in [0.25, 0.3) is 0 Å². The lowest BCUT2D eigenvalue weighted by Gasteiger charge is -2.28. The van der Waals surface area contributed by atoms with E-state index in [-0.39, 0.29) is 0 Å². The van der Waals surface area contributed by atoms with E-state index in [9.17, 15) is 4.79 Å². The quantitative estimate of drug-likeness (QED) is 0.332. The van der Waals surface area contributed by atoms with Crippen molar-refractivity contribution in [2.24, 2.45) is 0 Å². The predicted molar refractivity (Wildman–Crippen MR) is 44.8 cm³/mol. The van der Waals surface area contributed by atoms with Crippen molar-refractivity contribution in [3.05, 3.63) is 24.9 Å². The van der Waals surface area contributed by atoms with Crippen molar-refractivity contribution in [3.8, 4) is 0 Å². The first-order valence-corrected chi connectivity index (χ1v) is 3.22. The first-order valence-electron chi connectivity index (χ1n) is 3.22. The Morgan fingerprint density at radius 2 is 2.17 bits per heavy atom. The Morgan fingerprint density at radius 1 is 1.67 bits per heavy atom. The zero-order valence-corrected chi connectivity index (χ0v) is 6.77. The summed E-state index contributed by atoms with van der Waals surface area (Å²) in [6.45, 7) is 4.50. The molecule has 0 aliphatic rings. The van der Waals surface area contributed by atoms with E-state index >= 15 is 0 Å². The molecule has 0 fully saturated rings. The summed E-state index contributed by atoms with van der Waals surface area (Å²) in [7, 11) is 4.85. The Bertz CT molecular complexity index is 207. The Balaban J connectivity index is 4.56. The number of carbonyl (C=O) groups excluding carboxylic acids is 1. The third kappa shape index (κ3) is 3.36. The monoisotopic (exact) mass is 167 g/mol. The van der Waals surface area contributed by atoms with Crippen LogP contribution in [0, 0.1) is 0 Å². The van der Waals surface area contributed by atoms with Gasteiger partial charge < -0.3 is 10.2 Å². The minimum absolute atomic E-state index is 0.564. The summed E-state index contributed by atoms with van der Waals surface area (Å²) in [6, 6.07) is 0. The minimum atomic E-state index is -2.66. The first-order chi connectivity index (χ1) is 5.39. The number of carbonyl (C=O) groups is 1. The van der Waals surface area contributed by atoms with Crippen LogP contribution >= 0.6 is 0 Å². The second-order valence-electron chi connectivity index (χ2n) is 2.15. The van der Waals surface area contributed by atoms with Crippen LogP contribution in [-0.4, -0.2) is 34.7 Å². The largest absolute Gasteiger partial charge is 0.357 e. The number of aliphatic hydroxyl groups is 2. The molecular weight excluding hydrogens is 157 g/mol. The molecule has 0 saturated heterocycles. The number of allylic oxidation sites excluding steroid dienone is 2. The number of hydrogen-bond acceptors (Lipinski definition) is 3. The van der Waals surface area contributed by atoms with Crippen LogP contribution in [-0.2, 0) is 4.79 Å². The van der Waals surface area contributed by atoms with E-state index in [1.165, 1.54) is 12.2 Å². The second-order valence-corrected chi connectivity index (χ2v) is 2.15. The SMILES string of the molecule is [B]C(O)(O)N(/C=C\C=C)C(C)=O. The molecule has 0 aliphatic carbocycles. The second kappa shape index (κ2) is 4.08. The molecule has 0 aliphatic heterocycles. The summed E-state index contributed by atoms with van der Waals surface area (Å²) in [6.07, 6.45) is 3.85. The van der Waals surface area contributed by atoms with Crippen LogP contribution in [0.2, 0.25) is 0 Å². The van der Waals surface area contributed by atoms with Crippen molar-refractivity contribution in [1.29, 1.82) is 0 Å². The summed E-state index contributed by atoms with van der Waals surface area (Å²) in [4.78, 5) is 11.3. The van der Waals surface area contributed by atoms with Gasteiger partial charge in [-0.3, -0.25) is 9.69 Å². The molecule has 0 saturated carbocycles. The van der Waals surface area contributed by atoms with Crippen LogP contribution < -0.4 is 0 Å². The molecule has 0 aromatic rings. The molecule has 2 N–H and O–H groups in total. The van der Waals surface area contributed by atoms with Gasteiger partial charge in [0.25, 0.3) is 0 Å². The maximum Gasteiger partial charge on any atom is 0.226 e. The van der Waals surface area contributed by atoms with Gasteiger partial charge in [-0.15, -0.1) is 0 Å². The van der Waals surface area contributed by atoms with Gasteiger partial charge in [0.1, 0.15) is 0 Å². The molecule has 0 rings (SSSR count). The standard InChI is InChI=1S/C7H10BNO3/c1-3-4-5-9(6(2)10)7(8,11)12/h3-5,11-12H,1H2,2H3/b5-4-. The molecule has 0 unspecified atom stereocenters. The van der Waals surface area contributed by atoms with E-state index < -0.39 is 11.7 Å². The summed E-state index contributed by atoms with van der Waals surface area (Å²) in [5.41, 5.74) is 0. The lowest BCUT2D eigenvalue weighted by molar-refractivity contribution is -0.187. The highest BCUT2D eigenvalue weighted by atomic mass is 16.5. The number of amides is 1. The van der Waals surface area contributed by atoms with Gasteiger partial charge >= 0.3 is 0 Å². The van der Waals surface area contributed by atoms with E-state index in [0.29, 0.717) is 4.90 Å². The summed E-state index contributed by atoms with van der Waals surface area (Å²) >= 11 is 0. The maximum atomic E-state index is 10.7. The zero-order valence-electron chi connectivity index (χ0n) is 6.77. The van der Waals surface area contributed by atoms with Gasteiger partial charge in [0.2, 0.25) is 5.91 Å². The Hall–Kier alpha value is -1.07. The average Bonchev–Trinajstić information content (AvgIpc) is 1.84. The zero-order chi connectivity index (χ0) is 9.78. The van der Waals surface area contributed by atoms with E-state index in [4.69, 9.17) is 18.1 Å². The van der Waals surface area contributed by atoms with Crippen LogP contribution in [0.15, 0.2) is 24.9 Å². The molecule has 12 heavy (non-hydrogen) atoms. The number of hydrogen-bond donors (Lipinski definition) is 2. The molecule has 0 heterocycles. The summed E-state index contributed by atoms with van der Waals surface area (Å²) in [5.74, 6) is -3.24. The normalized spacial score (nSPS) is 11.6. The van der Waals surface area contributed by atoms with Gasteiger partial charge in [-0.05, 0) is 6.08 Å². The van der Waals surface area contributed by atoms with Gasteiger partial charge in [0.05, 0.1) is 0 Å². The topological polar surface area (TPSA) is 60.8 Å². The molecule has 0 atom stereocenters. The van der Waals surface area contributed by atoms with E-state index in [1.54, 1.807) is 0 Å². The lowest BCUT2D eigenvalue weighted by Crippen LogP contribution is -2.48. The fourth-order valence-electron chi connectivity index (χ4n) is 0.593. The molecule has 0 aromatic heterocycles. The van der Waals surface area contributed by atoms with Crippen LogP contribution in [0.4, 0.5) is 0 Å². The van der Waals surface area contributed by atoms with Crippen molar-refractivity contribution in [2.75, 3.05) is 0 Å². The van der Waals surface area contributed by atoms with Crippen molar-refractivity contribution in [3.63, 3.8) is 0 Å². The molecule has 4 nitrogen and oxygen atoms in total. The highest BCUT2D eigenvalue weighted by Gasteiger charge is 2.24. The van der Waals surface area contributed by atoms with Gasteiger partial charge in [-0.25, -0.2) is 0 Å². The van der Waals surface area contributed by atoms with Crippen molar-refractivity contribution in [1.82, 2.24) is 4.90 Å².